The van der Waals surface area contributed by atoms with Crippen molar-refractivity contribution in [3.8, 4) is 0 Å². The summed E-state index contributed by atoms with van der Waals surface area (Å²) in [7, 11) is -3.32. The van der Waals surface area contributed by atoms with Gasteiger partial charge in [-0.25, -0.2) is 13.4 Å². The molecular formula is C15H17N3O4S2. The van der Waals surface area contributed by atoms with Crippen molar-refractivity contribution >= 4 is 33.0 Å². The summed E-state index contributed by atoms with van der Waals surface area (Å²) in [5, 5.41) is 0.848. The number of aromatic nitrogens is 1. The molecule has 1 heterocycles. The van der Waals surface area contributed by atoms with Crippen molar-refractivity contribution in [2.75, 3.05) is 6.26 Å². The summed E-state index contributed by atoms with van der Waals surface area (Å²) < 4.78 is 22.8. The SMILES string of the molecule is CCc1nc(C)c(C(=O)NNC(=O)c2ccc(S(C)(=O)=O)cc2)s1. The van der Waals surface area contributed by atoms with Gasteiger partial charge in [-0.2, -0.15) is 0 Å². The van der Waals surface area contributed by atoms with E-state index in [0.717, 1.165) is 17.7 Å². The first-order valence-electron chi connectivity index (χ1n) is 7.09. The van der Waals surface area contributed by atoms with Crippen molar-refractivity contribution in [2.24, 2.45) is 0 Å². The number of nitrogens with one attached hydrogen (secondary N) is 2. The number of aryl methyl sites for hydroxylation is 2. The highest BCUT2D eigenvalue weighted by Gasteiger charge is 2.16. The van der Waals surface area contributed by atoms with Crippen molar-refractivity contribution in [1.29, 1.82) is 0 Å². The largest absolute Gasteiger partial charge is 0.281 e. The Labute approximate surface area is 144 Å². The Morgan fingerprint density at radius 2 is 1.71 bits per heavy atom. The Hall–Kier alpha value is -2.26. The van der Waals surface area contributed by atoms with Crippen LogP contribution in [0.2, 0.25) is 0 Å². The zero-order chi connectivity index (χ0) is 17.9. The van der Waals surface area contributed by atoms with Crippen LogP contribution < -0.4 is 10.9 Å². The monoisotopic (exact) mass is 367 g/mol. The summed E-state index contributed by atoms with van der Waals surface area (Å²) in [4.78, 5) is 28.9. The van der Waals surface area contributed by atoms with Crippen LogP contribution in [0, 0.1) is 6.92 Å². The maximum absolute atomic E-state index is 12.1. The van der Waals surface area contributed by atoms with E-state index in [2.05, 4.69) is 15.8 Å². The van der Waals surface area contributed by atoms with Crippen LogP contribution in [0.15, 0.2) is 29.2 Å². The maximum Gasteiger partial charge on any atom is 0.281 e. The predicted octanol–water partition coefficient (Wildman–Crippen LogP) is 1.49. The van der Waals surface area contributed by atoms with Gasteiger partial charge in [0.05, 0.1) is 15.6 Å². The van der Waals surface area contributed by atoms with Gasteiger partial charge in [0.1, 0.15) is 4.88 Å². The lowest BCUT2D eigenvalue weighted by molar-refractivity contribution is 0.0848. The van der Waals surface area contributed by atoms with Crippen LogP contribution in [0.25, 0.3) is 0 Å². The molecule has 0 spiro atoms. The number of rotatable bonds is 4. The van der Waals surface area contributed by atoms with Gasteiger partial charge in [-0.3, -0.25) is 20.4 Å². The minimum absolute atomic E-state index is 0.121. The maximum atomic E-state index is 12.1. The lowest BCUT2D eigenvalue weighted by Crippen LogP contribution is -2.41. The molecule has 1 aromatic heterocycles. The molecule has 9 heteroatoms. The van der Waals surface area contributed by atoms with Gasteiger partial charge in [-0.1, -0.05) is 6.92 Å². The van der Waals surface area contributed by atoms with Crippen LogP contribution in [0.5, 0.6) is 0 Å². The molecule has 2 rings (SSSR count). The van der Waals surface area contributed by atoms with Crippen LogP contribution >= 0.6 is 11.3 Å². The van der Waals surface area contributed by atoms with E-state index >= 15 is 0 Å². The fourth-order valence-corrected chi connectivity index (χ4v) is 3.44. The Balaban J connectivity index is 2.02. The third-order valence-electron chi connectivity index (χ3n) is 3.18. The number of carbonyl (C=O) groups excluding carboxylic acids is 2. The molecule has 2 amide bonds. The van der Waals surface area contributed by atoms with Gasteiger partial charge in [0, 0.05) is 11.8 Å². The molecule has 128 valence electrons. The highest BCUT2D eigenvalue weighted by atomic mass is 32.2. The van der Waals surface area contributed by atoms with E-state index in [1.807, 2.05) is 6.92 Å². The highest BCUT2D eigenvalue weighted by Crippen LogP contribution is 2.18. The van der Waals surface area contributed by atoms with Crippen LogP contribution in [0.1, 0.15) is 37.7 Å². The summed E-state index contributed by atoms with van der Waals surface area (Å²) in [6.45, 7) is 3.68. The number of hydrogen-bond acceptors (Lipinski definition) is 6. The molecule has 0 unspecified atom stereocenters. The van der Waals surface area contributed by atoms with Gasteiger partial charge >= 0.3 is 0 Å². The van der Waals surface area contributed by atoms with Crippen molar-refractivity contribution in [1.82, 2.24) is 15.8 Å². The molecule has 1 aromatic carbocycles. The lowest BCUT2D eigenvalue weighted by Gasteiger charge is -2.07. The van der Waals surface area contributed by atoms with Gasteiger partial charge in [-0.15, -0.1) is 11.3 Å². The number of thiazole rings is 1. The van der Waals surface area contributed by atoms with Crippen LogP contribution in [0.3, 0.4) is 0 Å². The normalized spacial score (nSPS) is 11.1. The van der Waals surface area contributed by atoms with E-state index in [-0.39, 0.29) is 10.5 Å². The second-order valence-electron chi connectivity index (χ2n) is 5.08. The summed E-state index contributed by atoms with van der Waals surface area (Å²) in [6, 6.07) is 5.44. The second kappa shape index (κ2) is 7.10. The van der Waals surface area contributed by atoms with Gasteiger partial charge in [-0.05, 0) is 37.6 Å². The van der Waals surface area contributed by atoms with Gasteiger partial charge in [0.2, 0.25) is 0 Å². The topological polar surface area (TPSA) is 105 Å². The van der Waals surface area contributed by atoms with Gasteiger partial charge in [0.15, 0.2) is 9.84 Å². The molecule has 0 bridgehead atoms. The third kappa shape index (κ3) is 4.18. The van der Waals surface area contributed by atoms with Gasteiger partial charge in [0.25, 0.3) is 11.8 Å². The van der Waals surface area contributed by atoms with E-state index in [1.165, 1.54) is 35.6 Å². The Kier molecular flexibility index (Phi) is 5.35. The summed E-state index contributed by atoms with van der Waals surface area (Å²) in [5.74, 6) is -0.980. The molecule has 0 aliphatic carbocycles. The van der Waals surface area contributed by atoms with E-state index in [0.29, 0.717) is 10.6 Å². The number of hydrazine groups is 1. The zero-order valence-corrected chi connectivity index (χ0v) is 15.0. The van der Waals surface area contributed by atoms with Crippen LogP contribution in [-0.2, 0) is 16.3 Å². The molecule has 0 aliphatic heterocycles. The molecule has 2 N–H and O–H groups in total. The summed E-state index contributed by atoms with van der Waals surface area (Å²) in [5.41, 5.74) is 5.48. The van der Waals surface area contributed by atoms with Crippen LogP contribution in [-0.4, -0.2) is 31.5 Å². The third-order valence-corrected chi connectivity index (χ3v) is 5.61. The first kappa shape index (κ1) is 18.1. The van der Waals surface area contributed by atoms with Crippen LogP contribution in [0.4, 0.5) is 0 Å². The quantitative estimate of drug-likeness (QED) is 0.797. The molecule has 0 aliphatic rings. The molecule has 2 aromatic rings. The number of benzene rings is 1. The minimum Gasteiger partial charge on any atom is -0.267 e. The standard InChI is InChI=1S/C15H17N3O4S2/c1-4-12-16-9(2)13(23-12)15(20)18-17-14(19)10-5-7-11(8-6-10)24(3,21)22/h5-8H,4H2,1-3H3,(H,17,19)(H,18,20). The number of sulfone groups is 1. The minimum atomic E-state index is -3.32. The Bertz CT molecular complexity index is 871. The van der Waals surface area contributed by atoms with E-state index in [1.54, 1.807) is 6.92 Å². The van der Waals surface area contributed by atoms with Crippen molar-refractivity contribution in [2.45, 2.75) is 25.2 Å². The molecule has 0 radical (unpaired) electrons. The van der Waals surface area contributed by atoms with Crippen molar-refractivity contribution in [3.05, 3.63) is 45.4 Å². The number of hydrogen-bond donors (Lipinski definition) is 2. The first-order valence-corrected chi connectivity index (χ1v) is 9.80. The first-order chi connectivity index (χ1) is 11.2. The predicted molar refractivity (Wildman–Crippen MR) is 90.7 cm³/mol. The average Bonchev–Trinajstić information content (AvgIpc) is 2.92. The number of nitrogens with zero attached hydrogens (tertiary/aromatic N) is 1. The molecule has 0 saturated carbocycles. The zero-order valence-electron chi connectivity index (χ0n) is 13.4. The van der Waals surface area contributed by atoms with E-state index in [4.69, 9.17) is 0 Å². The highest BCUT2D eigenvalue weighted by molar-refractivity contribution is 7.90. The summed E-state index contributed by atoms with van der Waals surface area (Å²) >= 11 is 1.28. The molecule has 0 atom stereocenters. The fraction of sp³-hybridized carbons (Fsp3) is 0.267. The Morgan fingerprint density at radius 1 is 1.12 bits per heavy atom. The molecule has 0 saturated heterocycles. The number of carbonyl (C=O) groups is 2. The van der Waals surface area contributed by atoms with E-state index < -0.39 is 21.7 Å². The average molecular weight is 367 g/mol. The Morgan fingerprint density at radius 3 is 2.21 bits per heavy atom. The smallest absolute Gasteiger partial charge is 0.267 e. The van der Waals surface area contributed by atoms with E-state index in [9.17, 15) is 18.0 Å². The number of amides is 2. The molecule has 7 nitrogen and oxygen atoms in total. The lowest BCUT2D eigenvalue weighted by atomic mass is 10.2. The molecule has 0 fully saturated rings. The van der Waals surface area contributed by atoms with Crippen molar-refractivity contribution in [3.63, 3.8) is 0 Å². The fourth-order valence-electron chi connectivity index (χ4n) is 1.91. The molecule has 24 heavy (non-hydrogen) atoms. The van der Waals surface area contributed by atoms with Gasteiger partial charge < -0.3 is 0 Å². The second-order valence-corrected chi connectivity index (χ2v) is 8.18. The molecular weight excluding hydrogens is 350 g/mol. The summed E-state index contributed by atoms with van der Waals surface area (Å²) in [6.07, 6.45) is 1.82. The van der Waals surface area contributed by atoms with Crippen molar-refractivity contribution < 1.29 is 18.0 Å².